The quantitative estimate of drug-likeness (QED) is 0.328. The fourth-order valence-electron chi connectivity index (χ4n) is 5.17. The lowest BCUT2D eigenvalue weighted by molar-refractivity contribution is -0.175. The molecule has 2 aromatic carbocycles. The number of halogens is 2. The molecule has 0 aromatic heterocycles. The zero-order valence-corrected chi connectivity index (χ0v) is 21.0. The van der Waals surface area contributed by atoms with Crippen LogP contribution in [-0.2, 0) is 4.79 Å². The highest BCUT2D eigenvalue weighted by Crippen LogP contribution is 2.52. The van der Waals surface area contributed by atoms with Crippen LogP contribution < -0.4 is 0 Å². The maximum atomic E-state index is 14.1. The van der Waals surface area contributed by atoms with Gasteiger partial charge in [0.25, 0.3) is 0 Å². The third kappa shape index (κ3) is 5.81. The predicted octanol–water partition coefficient (Wildman–Crippen LogP) is 6.50. The van der Waals surface area contributed by atoms with E-state index in [-0.39, 0.29) is 30.3 Å². The largest absolute Gasteiger partial charge is 0.366 e. The molecule has 1 aliphatic heterocycles. The third-order valence-electron chi connectivity index (χ3n) is 6.67. The summed E-state index contributed by atoms with van der Waals surface area (Å²) < 4.78 is 0. The van der Waals surface area contributed by atoms with E-state index in [2.05, 4.69) is 6.58 Å². The van der Waals surface area contributed by atoms with Crippen molar-refractivity contribution in [1.82, 2.24) is 4.90 Å². The second kappa shape index (κ2) is 10.2. The van der Waals surface area contributed by atoms with Gasteiger partial charge in [0.1, 0.15) is 0 Å². The molecule has 1 fully saturated rings. The Morgan fingerprint density at radius 3 is 2.39 bits per heavy atom. The summed E-state index contributed by atoms with van der Waals surface area (Å²) in [5.74, 6) is -1.95. The number of allylic oxidation sites excluding steroid dienone is 1. The van der Waals surface area contributed by atoms with Crippen LogP contribution in [0.25, 0.3) is 0 Å². The molecule has 4 atom stereocenters. The minimum atomic E-state index is -1.90. The van der Waals surface area contributed by atoms with E-state index in [9.17, 15) is 15.0 Å². The van der Waals surface area contributed by atoms with Gasteiger partial charge in [-0.2, -0.15) is 0 Å². The monoisotopic (exact) mass is 489 g/mol. The SMILES string of the molecule is C=CC[C@@]1(C)C[C@H](c2cccc(Cl)c2)[C@@H](c2ccc(Cl)cc2)N(C(CC)CC(C)(O)O)C1=O. The van der Waals surface area contributed by atoms with E-state index in [4.69, 9.17) is 23.2 Å². The number of hydrogen-bond donors (Lipinski definition) is 2. The van der Waals surface area contributed by atoms with E-state index in [1.54, 1.807) is 6.08 Å². The Kier molecular flexibility index (Phi) is 7.95. The van der Waals surface area contributed by atoms with Crippen molar-refractivity contribution in [2.24, 2.45) is 5.41 Å². The average Bonchev–Trinajstić information content (AvgIpc) is 2.74. The van der Waals surface area contributed by atoms with Gasteiger partial charge >= 0.3 is 0 Å². The standard InChI is InChI=1S/C27H33Cl2NO3/c1-5-14-26(3)17-23(19-8-7-9-21(29)15-19)24(18-10-12-20(28)13-11-18)30(25(26)31)22(6-2)16-27(4,32)33/h5,7-13,15,22-24,32-33H,1,6,14,16-17H2,2-4H3/t22?,23-,24-,26+/m1/s1. The highest BCUT2D eigenvalue weighted by atomic mass is 35.5. The molecule has 1 aliphatic rings. The van der Waals surface area contributed by atoms with Crippen LogP contribution in [0.3, 0.4) is 0 Å². The van der Waals surface area contributed by atoms with Gasteiger partial charge in [-0.05, 0) is 61.6 Å². The van der Waals surface area contributed by atoms with E-state index < -0.39 is 11.2 Å². The second-order valence-corrected chi connectivity index (χ2v) is 10.5. The third-order valence-corrected chi connectivity index (χ3v) is 7.16. The van der Waals surface area contributed by atoms with Crippen LogP contribution in [0.4, 0.5) is 0 Å². The molecule has 1 heterocycles. The van der Waals surface area contributed by atoms with E-state index >= 15 is 0 Å². The van der Waals surface area contributed by atoms with Gasteiger partial charge in [-0.15, -0.1) is 6.58 Å². The molecule has 4 nitrogen and oxygen atoms in total. The van der Waals surface area contributed by atoms with Gasteiger partial charge < -0.3 is 15.1 Å². The van der Waals surface area contributed by atoms with Crippen LogP contribution >= 0.6 is 23.2 Å². The number of aliphatic hydroxyl groups is 2. The normalized spacial score (nSPS) is 24.6. The van der Waals surface area contributed by atoms with Crippen LogP contribution in [0.15, 0.2) is 61.2 Å². The molecular formula is C27H33Cl2NO3. The molecular weight excluding hydrogens is 457 g/mol. The molecule has 2 N–H and O–H groups in total. The number of carbonyl (C=O) groups is 1. The topological polar surface area (TPSA) is 60.8 Å². The first-order chi connectivity index (χ1) is 15.5. The van der Waals surface area contributed by atoms with Gasteiger partial charge in [0.2, 0.25) is 5.91 Å². The Labute approximate surface area is 206 Å². The summed E-state index contributed by atoms with van der Waals surface area (Å²) in [7, 11) is 0. The Hall–Kier alpha value is -1.85. The summed E-state index contributed by atoms with van der Waals surface area (Å²) in [5.41, 5.74) is 1.32. The smallest absolute Gasteiger partial charge is 0.229 e. The van der Waals surface area contributed by atoms with E-state index in [1.807, 2.05) is 67.3 Å². The lowest BCUT2D eigenvalue weighted by atomic mass is 9.67. The number of rotatable bonds is 8. The van der Waals surface area contributed by atoms with E-state index in [0.29, 0.717) is 29.3 Å². The zero-order chi connectivity index (χ0) is 24.4. The van der Waals surface area contributed by atoms with Gasteiger partial charge in [0, 0.05) is 28.4 Å². The van der Waals surface area contributed by atoms with Crippen molar-refractivity contribution in [2.75, 3.05) is 0 Å². The van der Waals surface area contributed by atoms with Crippen molar-refractivity contribution in [3.05, 3.63) is 82.4 Å². The molecule has 0 aliphatic carbocycles. The van der Waals surface area contributed by atoms with Crippen molar-refractivity contribution in [3.63, 3.8) is 0 Å². The average molecular weight is 490 g/mol. The highest BCUT2D eigenvalue weighted by molar-refractivity contribution is 6.30. The summed E-state index contributed by atoms with van der Waals surface area (Å²) in [4.78, 5) is 16.0. The summed E-state index contributed by atoms with van der Waals surface area (Å²) >= 11 is 12.6. The fraction of sp³-hybridized carbons (Fsp3) is 0.444. The van der Waals surface area contributed by atoms with Crippen molar-refractivity contribution in [1.29, 1.82) is 0 Å². The van der Waals surface area contributed by atoms with Crippen LogP contribution in [0.2, 0.25) is 10.0 Å². The first-order valence-electron chi connectivity index (χ1n) is 11.4. The lowest BCUT2D eigenvalue weighted by Crippen LogP contribution is -2.56. The van der Waals surface area contributed by atoms with Crippen molar-refractivity contribution < 1.29 is 15.0 Å². The molecule has 33 heavy (non-hydrogen) atoms. The van der Waals surface area contributed by atoms with Crippen molar-refractivity contribution in [2.45, 2.75) is 70.2 Å². The predicted molar refractivity (Wildman–Crippen MR) is 134 cm³/mol. The summed E-state index contributed by atoms with van der Waals surface area (Å²) in [6.07, 6.45) is 3.56. The molecule has 0 bridgehead atoms. The number of benzene rings is 2. The lowest BCUT2D eigenvalue weighted by Gasteiger charge is -2.52. The molecule has 3 rings (SSSR count). The van der Waals surface area contributed by atoms with Crippen molar-refractivity contribution >= 4 is 29.1 Å². The first kappa shape index (κ1) is 25.8. The molecule has 1 amide bonds. The minimum absolute atomic E-state index is 0.00303. The highest BCUT2D eigenvalue weighted by Gasteiger charge is 2.51. The molecule has 178 valence electrons. The summed E-state index contributed by atoms with van der Waals surface area (Å²) in [6.45, 7) is 9.20. The first-order valence-corrected chi connectivity index (χ1v) is 12.1. The van der Waals surface area contributed by atoms with Gasteiger partial charge in [-0.1, -0.05) is 67.4 Å². The van der Waals surface area contributed by atoms with Crippen LogP contribution in [0.1, 0.15) is 69.5 Å². The molecule has 0 spiro atoms. The van der Waals surface area contributed by atoms with Crippen molar-refractivity contribution in [3.8, 4) is 0 Å². The van der Waals surface area contributed by atoms with Crippen LogP contribution in [0, 0.1) is 5.41 Å². The number of hydrogen-bond acceptors (Lipinski definition) is 3. The Morgan fingerprint density at radius 1 is 1.18 bits per heavy atom. The molecule has 2 aromatic rings. The van der Waals surface area contributed by atoms with Crippen LogP contribution in [0.5, 0.6) is 0 Å². The number of amides is 1. The summed E-state index contributed by atoms with van der Waals surface area (Å²) in [6, 6.07) is 14.7. The molecule has 1 unspecified atom stereocenters. The molecule has 0 radical (unpaired) electrons. The Morgan fingerprint density at radius 2 is 1.85 bits per heavy atom. The number of piperidine rings is 1. The minimum Gasteiger partial charge on any atom is -0.366 e. The van der Waals surface area contributed by atoms with Gasteiger partial charge in [-0.3, -0.25) is 4.79 Å². The molecule has 1 saturated heterocycles. The number of carbonyl (C=O) groups excluding carboxylic acids is 1. The van der Waals surface area contributed by atoms with Gasteiger partial charge in [0.05, 0.1) is 11.5 Å². The maximum Gasteiger partial charge on any atom is 0.229 e. The number of likely N-dealkylation sites (tertiary alicyclic amines) is 1. The van der Waals surface area contributed by atoms with E-state index in [1.165, 1.54) is 6.92 Å². The molecule has 6 heteroatoms. The number of nitrogens with zero attached hydrogens (tertiary/aromatic N) is 1. The van der Waals surface area contributed by atoms with Crippen LogP contribution in [-0.4, -0.2) is 32.8 Å². The Balaban J connectivity index is 2.23. The van der Waals surface area contributed by atoms with Gasteiger partial charge in [-0.25, -0.2) is 0 Å². The molecule has 0 saturated carbocycles. The summed E-state index contributed by atoms with van der Waals surface area (Å²) in [5, 5.41) is 21.8. The van der Waals surface area contributed by atoms with E-state index in [0.717, 1.165) is 11.1 Å². The Bertz CT molecular complexity index is 986. The van der Waals surface area contributed by atoms with Gasteiger partial charge in [0.15, 0.2) is 5.79 Å². The second-order valence-electron chi connectivity index (χ2n) is 9.61. The zero-order valence-electron chi connectivity index (χ0n) is 19.5. The maximum absolute atomic E-state index is 14.1. The fourth-order valence-corrected chi connectivity index (χ4v) is 5.50.